The molecule has 3 atom stereocenters. The summed E-state index contributed by atoms with van der Waals surface area (Å²) in [5.41, 5.74) is 8.01. The van der Waals surface area contributed by atoms with Gasteiger partial charge < -0.3 is 9.88 Å². The Morgan fingerprint density at radius 3 is 2.75 bits per heavy atom. The second-order valence-electron chi connectivity index (χ2n) is 7.56. The minimum Gasteiger partial charge on any atom is -0.338 e. The van der Waals surface area contributed by atoms with Gasteiger partial charge in [0.05, 0.1) is 6.04 Å². The molecule has 2 saturated heterocycles. The van der Waals surface area contributed by atoms with Crippen LogP contribution in [0.2, 0.25) is 0 Å². The number of amides is 1. The molecule has 0 aliphatic carbocycles. The van der Waals surface area contributed by atoms with Crippen LogP contribution in [0.3, 0.4) is 0 Å². The summed E-state index contributed by atoms with van der Waals surface area (Å²) < 4.78 is 0. The fraction of sp³-hybridized carbons (Fsp3) is 0.273. The third-order valence-electron chi connectivity index (χ3n) is 6.00. The summed E-state index contributed by atoms with van der Waals surface area (Å²) in [5, 5.41) is 2.44. The standard InChI is InChI=1S/C22H22N4O2/c27-21-17(9-4-11-23-21)22(28)26-12-10-19-18(13-26)20(25-24-19)16-8-3-6-14-5-1-2-7-15(14)16/h1-9,11,18-20,24-25H,10,12-13H2,(H,23,27). The molecular weight excluding hydrogens is 352 g/mol. The van der Waals surface area contributed by atoms with Crippen LogP contribution in [-0.2, 0) is 0 Å². The van der Waals surface area contributed by atoms with Gasteiger partial charge in [-0.15, -0.1) is 0 Å². The lowest BCUT2D eigenvalue weighted by Crippen LogP contribution is -2.48. The van der Waals surface area contributed by atoms with E-state index in [1.165, 1.54) is 16.3 Å². The zero-order chi connectivity index (χ0) is 19.1. The average Bonchev–Trinajstić information content (AvgIpc) is 3.16. The minimum absolute atomic E-state index is 0.112. The molecule has 3 N–H and O–H groups in total. The van der Waals surface area contributed by atoms with Crippen LogP contribution < -0.4 is 16.4 Å². The zero-order valence-corrected chi connectivity index (χ0v) is 15.4. The molecule has 3 heterocycles. The molecule has 2 aromatic carbocycles. The molecule has 0 bridgehead atoms. The van der Waals surface area contributed by atoms with Crippen molar-refractivity contribution in [3.8, 4) is 0 Å². The highest BCUT2D eigenvalue weighted by Crippen LogP contribution is 2.36. The number of H-pyrrole nitrogens is 1. The van der Waals surface area contributed by atoms with Crippen LogP contribution in [0.25, 0.3) is 10.8 Å². The number of fused-ring (bicyclic) bond motifs is 2. The number of carbonyl (C=O) groups is 1. The molecule has 2 fully saturated rings. The van der Waals surface area contributed by atoms with Gasteiger partial charge in [0.25, 0.3) is 11.5 Å². The molecule has 6 heteroatoms. The smallest absolute Gasteiger partial charge is 0.260 e. The number of nitrogens with zero attached hydrogens (tertiary/aromatic N) is 1. The van der Waals surface area contributed by atoms with Crippen molar-refractivity contribution in [2.24, 2.45) is 5.92 Å². The second kappa shape index (κ2) is 6.89. The molecule has 0 radical (unpaired) electrons. The van der Waals surface area contributed by atoms with Crippen LogP contribution >= 0.6 is 0 Å². The van der Waals surface area contributed by atoms with Crippen LogP contribution in [0.4, 0.5) is 0 Å². The molecule has 2 aliphatic heterocycles. The van der Waals surface area contributed by atoms with Gasteiger partial charge in [0.1, 0.15) is 5.56 Å². The highest BCUT2D eigenvalue weighted by Gasteiger charge is 2.42. The third-order valence-corrected chi connectivity index (χ3v) is 6.00. The van der Waals surface area contributed by atoms with Crippen LogP contribution in [-0.4, -0.2) is 34.9 Å². The van der Waals surface area contributed by atoms with Gasteiger partial charge >= 0.3 is 0 Å². The fourth-order valence-electron chi connectivity index (χ4n) is 4.58. The summed E-state index contributed by atoms with van der Waals surface area (Å²) in [4.78, 5) is 29.4. The molecule has 0 spiro atoms. The van der Waals surface area contributed by atoms with Gasteiger partial charge in [-0.3, -0.25) is 15.0 Å². The fourth-order valence-corrected chi connectivity index (χ4v) is 4.58. The molecule has 0 saturated carbocycles. The first kappa shape index (κ1) is 17.2. The van der Waals surface area contributed by atoms with Crippen molar-refractivity contribution in [3.63, 3.8) is 0 Å². The van der Waals surface area contributed by atoms with Crippen molar-refractivity contribution in [2.45, 2.75) is 18.5 Å². The van der Waals surface area contributed by atoms with Crippen molar-refractivity contribution in [2.75, 3.05) is 13.1 Å². The molecule has 3 aromatic rings. The first-order valence-electron chi connectivity index (χ1n) is 9.68. The highest BCUT2D eigenvalue weighted by atomic mass is 16.2. The largest absolute Gasteiger partial charge is 0.338 e. The predicted octanol–water partition coefficient (Wildman–Crippen LogP) is 2.21. The molecule has 6 nitrogen and oxygen atoms in total. The van der Waals surface area contributed by atoms with Crippen LogP contribution in [0.1, 0.15) is 28.4 Å². The number of aromatic amines is 1. The van der Waals surface area contributed by atoms with E-state index in [0.29, 0.717) is 19.1 Å². The van der Waals surface area contributed by atoms with Gasteiger partial charge in [0.2, 0.25) is 0 Å². The van der Waals surface area contributed by atoms with E-state index in [2.05, 4.69) is 52.2 Å². The molecular formula is C22H22N4O2. The quantitative estimate of drug-likeness (QED) is 0.643. The van der Waals surface area contributed by atoms with Crippen molar-refractivity contribution < 1.29 is 4.79 Å². The Hall–Kier alpha value is -2.96. The Morgan fingerprint density at radius 1 is 1.00 bits per heavy atom. The monoisotopic (exact) mass is 374 g/mol. The second-order valence-corrected chi connectivity index (χ2v) is 7.56. The summed E-state index contributed by atoms with van der Waals surface area (Å²) >= 11 is 0. The number of benzene rings is 2. The maximum atomic E-state index is 12.9. The maximum Gasteiger partial charge on any atom is 0.260 e. The van der Waals surface area contributed by atoms with E-state index in [1.54, 1.807) is 18.3 Å². The van der Waals surface area contributed by atoms with Gasteiger partial charge in [-0.1, -0.05) is 42.5 Å². The lowest BCUT2D eigenvalue weighted by atomic mass is 9.83. The zero-order valence-electron chi connectivity index (χ0n) is 15.4. The van der Waals surface area contributed by atoms with E-state index in [4.69, 9.17) is 0 Å². The molecule has 28 heavy (non-hydrogen) atoms. The number of aromatic nitrogens is 1. The number of pyridine rings is 1. The number of hydrogen-bond donors (Lipinski definition) is 3. The Bertz CT molecular complexity index is 1090. The normalized spacial score (nSPS) is 24.3. The lowest BCUT2D eigenvalue weighted by molar-refractivity contribution is 0.0651. The molecule has 1 aromatic heterocycles. The van der Waals surface area contributed by atoms with Crippen LogP contribution in [0.5, 0.6) is 0 Å². The summed E-state index contributed by atoms with van der Waals surface area (Å²) in [6.45, 7) is 1.26. The Balaban J connectivity index is 1.45. The average molecular weight is 374 g/mol. The van der Waals surface area contributed by atoms with E-state index in [0.717, 1.165) is 6.42 Å². The van der Waals surface area contributed by atoms with E-state index in [-0.39, 0.29) is 29.0 Å². The Morgan fingerprint density at radius 2 is 1.86 bits per heavy atom. The summed E-state index contributed by atoms with van der Waals surface area (Å²) in [7, 11) is 0. The number of rotatable bonds is 2. The first-order valence-corrected chi connectivity index (χ1v) is 9.68. The molecule has 142 valence electrons. The van der Waals surface area contributed by atoms with E-state index in [1.807, 2.05) is 11.0 Å². The van der Waals surface area contributed by atoms with Crippen molar-refractivity contribution in [1.82, 2.24) is 20.7 Å². The molecule has 3 unspecified atom stereocenters. The molecule has 2 aliphatic rings. The topological polar surface area (TPSA) is 77.2 Å². The van der Waals surface area contributed by atoms with E-state index >= 15 is 0 Å². The van der Waals surface area contributed by atoms with Crippen molar-refractivity contribution >= 4 is 16.7 Å². The molecule has 5 rings (SSSR count). The van der Waals surface area contributed by atoms with E-state index in [9.17, 15) is 9.59 Å². The Labute approximate surface area is 162 Å². The van der Waals surface area contributed by atoms with Gasteiger partial charge in [0, 0.05) is 31.2 Å². The van der Waals surface area contributed by atoms with Crippen LogP contribution in [0, 0.1) is 5.92 Å². The lowest BCUT2D eigenvalue weighted by Gasteiger charge is -2.36. The SMILES string of the molecule is O=C(c1ccc[nH]c1=O)N1CCC2NNC(c3cccc4ccccc34)C2C1. The molecule has 1 amide bonds. The maximum absolute atomic E-state index is 12.9. The van der Waals surface area contributed by atoms with Gasteiger partial charge in [-0.05, 0) is 34.9 Å². The van der Waals surface area contributed by atoms with Crippen molar-refractivity contribution in [3.05, 3.63) is 82.3 Å². The number of piperidine rings is 1. The first-order chi connectivity index (χ1) is 13.7. The van der Waals surface area contributed by atoms with Gasteiger partial charge in [-0.25, -0.2) is 5.43 Å². The van der Waals surface area contributed by atoms with Crippen molar-refractivity contribution in [1.29, 1.82) is 0 Å². The highest BCUT2D eigenvalue weighted by molar-refractivity contribution is 5.94. The summed E-state index contributed by atoms with van der Waals surface area (Å²) in [6.07, 6.45) is 2.40. The third kappa shape index (κ3) is 2.82. The summed E-state index contributed by atoms with van der Waals surface area (Å²) in [5.74, 6) is 0.0511. The Kier molecular flexibility index (Phi) is 4.22. The van der Waals surface area contributed by atoms with E-state index < -0.39 is 0 Å². The number of likely N-dealkylation sites (tertiary alicyclic amines) is 1. The number of carbonyl (C=O) groups excluding carboxylic acids is 1. The number of nitrogens with one attached hydrogen (secondary N) is 3. The predicted molar refractivity (Wildman–Crippen MR) is 108 cm³/mol. The minimum atomic E-state index is -0.331. The van der Waals surface area contributed by atoms with Gasteiger partial charge in [-0.2, -0.15) is 0 Å². The van der Waals surface area contributed by atoms with Gasteiger partial charge in [0.15, 0.2) is 0 Å². The number of hydrazine groups is 1. The van der Waals surface area contributed by atoms with Crippen LogP contribution in [0.15, 0.2) is 65.6 Å². The summed E-state index contributed by atoms with van der Waals surface area (Å²) in [6, 6.07) is 18.5. The number of hydrogen-bond acceptors (Lipinski definition) is 4.